The summed E-state index contributed by atoms with van der Waals surface area (Å²) < 4.78 is 12.8. The maximum absolute atomic E-state index is 12.8. The van der Waals surface area contributed by atoms with Crippen LogP contribution in [-0.4, -0.2) is 11.7 Å². The second kappa shape index (κ2) is 1.17. The average Bonchev–Trinajstić information content (AvgIpc) is 1.54. The molecule has 1 atom stereocenters. The van der Waals surface area contributed by atoms with Crippen molar-refractivity contribution in [1.82, 2.24) is 0 Å². The van der Waals surface area contributed by atoms with Crippen molar-refractivity contribution in [2.75, 3.05) is 0 Å². The highest BCUT2D eigenvalue weighted by molar-refractivity contribution is 5.21. The molecule has 2 N–H and O–H groups in total. The van der Waals surface area contributed by atoms with Crippen LogP contribution >= 0.6 is 0 Å². The number of nitrogens with two attached hydrogens (primary N) is 1. The Hall–Kier alpha value is -0.110. The van der Waals surface area contributed by atoms with Gasteiger partial charge in [-0.05, 0) is 31.6 Å². The normalized spacial score (nSPS) is 57.7. The molecular weight excluding hydrogens is 117 g/mol. The van der Waals surface area contributed by atoms with Crippen molar-refractivity contribution in [2.24, 2.45) is 11.1 Å². The van der Waals surface area contributed by atoms with E-state index < -0.39 is 5.67 Å². The second-order valence-electron chi connectivity index (χ2n) is 3.83. The number of hydrogen-bond donors (Lipinski definition) is 1. The van der Waals surface area contributed by atoms with Crippen LogP contribution in [0.1, 0.15) is 26.2 Å². The monoisotopic (exact) mass is 129 g/mol. The van der Waals surface area contributed by atoms with Gasteiger partial charge in [0, 0.05) is 6.04 Å². The fourth-order valence-electron chi connectivity index (χ4n) is 2.22. The molecule has 0 aromatic rings. The molecular formula is C7H12FN. The lowest BCUT2D eigenvalue weighted by Crippen LogP contribution is -2.70. The summed E-state index contributed by atoms with van der Waals surface area (Å²) in [5, 5.41) is 0. The van der Waals surface area contributed by atoms with Crippen molar-refractivity contribution < 1.29 is 4.39 Å². The van der Waals surface area contributed by atoms with E-state index in [4.69, 9.17) is 5.73 Å². The zero-order valence-electron chi connectivity index (χ0n) is 5.65. The summed E-state index contributed by atoms with van der Waals surface area (Å²) in [7, 11) is 0. The Morgan fingerprint density at radius 1 is 1.44 bits per heavy atom. The Morgan fingerprint density at radius 2 is 1.89 bits per heavy atom. The van der Waals surface area contributed by atoms with Crippen molar-refractivity contribution in [2.45, 2.75) is 37.9 Å². The molecule has 2 bridgehead atoms. The molecule has 9 heavy (non-hydrogen) atoms. The lowest BCUT2D eigenvalue weighted by atomic mass is 9.40. The van der Waals surface area contributed by atoms with E-state index in [1.807, 2.05) is 6.92 Å². The molecule has 0 amide bonds. The summed E-state index contributed by atoms with van der Waals surface area (Å²) >= 11 is 0. The average molecular weight is 129 g/mol. The first-order valence-corrected chi connectivity index (χ1v) is 3.51. The van der Waals surface area contributed by atoms with E-state index in [0.717, 1.165) is 19.3 Å². The molecule has 3 rings (SSSR count). The lowest BCUT2D eigenvalue weighted by molar-refractivity contribution is -0.221. The van der Waals surface area contributed by atoms with Gasteiger partial charge in [-0.25, -0.2) is 4.39 Å². The van der Waals surface area contributed by atoms with E-state index in [2.05, 4.69) is 0 Å². The van der Waals surface area contributed by atoms with Crippen LogP contribution in [0.25, 0.3) is 0 Å². The van der Waals surface area contributed by atoms with Crippen LogP contribution in [0, 0.1) is 5.41 Å². The van der Waals surface area contributed by atoms with E-state index in [1.165, 1.54) is 0 Å². The Morgan fingerprint density at radius 3 is 2.00 bits per heavy atom. The third-order valence-corrected chi connectivity index (χ3v) is 2.97. The van der Waals surface area contributed by atoms with Crippen LogP contribution in [0.4, 0.5) is 4.39 Å². The highest BCUT2D eigenvalue weighted by atomic mass is 19.1. The minimum Gasteiger partial charge on any atom is -0.327 e. The van der Waals surface area contributed by atoms with Gasteiger partial charge in [0.05, 0.1) is 0 Å². The summed E-state index contributed by atoms with van der Waals surface area (Å²) in [5.74, 6) is 0. The van der Waals surface area contributed by atoms with Crippen LogP contribution in [0.15, 0.2) is 0 Å². The Kier molecular flexibility index (Phi) is 0.736. The lowest BCUT2D eigenvalue weighted by Gasteiger charge is -2.67. The van der Waals surface area contributed by atoms with Gasteiger partial charge in [-0.1, -0.05) is 0 Å². The van der Waals surface area contributed by atoms with Crippen molar-refractivity contribution in [3.05, 3.63) is 0 Å². The molecule has 0 spiro atoms. The number of halogens is 1. The molecule has 0 aromatic heterocycles. The maximum atomic E-state index is 12.8. The van der Waals surface area contributed by atoms with Gasteiger partial charge in [-0.15, -0.1) is 0 Å². The van der Waals surface area contributed by atoms with Crippen LogP contribution in [0.5, 0.6) is 0 Å². The standard InChI is InChI=1S/C7H12FN/c1-5(9)6-2-7(8,3-6)4-6/h5H,2-4,9H2,1H3/t5?,6-,7-. The fourth-order valence-corrected chi connectivity index (χ4v) is 2.22. The molecule has 0 aliphatic heterocycles. The zero-order valence-corrected chi connectivity index (χ0v) is 5.65. The third kappa shape index (κ3) is 0.480. The Balaban J connectivity index is 2.04. The molecule has 1 unspecified atom stereocenters. The van der Waals surface area contributed by atoms with Gasteiger partial charge in [-0.2, -0.15) is 0 Å². The molecule has 3 saturated carbocycles. The van der Waals surface area contributed by atoms with E-state index in [9.17, 15) is 4.39 Å². The molecule has 3 aliphatic carbocycles. The molecule has 3 aliphatic rings. The molecule has 52 valence electrons. The molecule has 0 aromatic carbocycles. The summed E-state index contributed by atoms with van der Waals surface area (Å²) in [6.45, 7) is 1.98. The van der Waals surface area contributed by atoms with E-state index in [0.29, 0.717) is 0 Å². The molecule has 2 heteroatoms. The number of hydrogen-bond acceptors (Lipinski definition) is 1. The first-order chi connectivity index (χ1) is 4.06. The molecule has 0 radical (unpaired) electrons. The third-order valence-electron chi connectivity index (χ3n) is 2.97. The van der Waals surface area contributed by atoms with Crippen molar-refractivity contribution >= 4 is 0 Å². The predicted octanol–water partition coefficient (Wildman–Crippen LogP) is 1.23. The quantitative estimate of drug-likeness (QED) is 0.566. The highest BCUT2D eigenvalue weighted by Crippen LogP contribution is 2.70. The van der Waals surface area contributed by atoms with Crippen LogP contribution < -0.4 is 5.73 Å². The smallest absolute Gasteiger partial charge is 0.112 e. The van der Waals surface area contributed by atoms with Gasteiger partial charge in [0.1, 0.15) is 5.67 Å². The number of rotatable bonds is 1. The summed E-state index contributed by atoms with van der Waals surface area (Å²) in [6, 6.07) is 0.204. The minimum absolute atomic E-state index is 0.204. The highest BCUT2D eigenvalue weighted by Gasteiger charge is 2.70. The largest absolute Gasteiger partial charge is 0.327 e. The molecule has 0 saturated heterocycles. The summed E-state index contributed by atoms with van der Waals surface area (Å²) in [5.41, 5.74) is 5.12. The van der Waals surface area contributed by atoms with E-state index >= 15 is 0 Å². The van der Waals surface area contributed by atoms with E-state index in [-0.39, 0.29) is 11.5 Å². The Labute approximate surface area is 54.4 Å². The first kappa shape index (κ1) is 5.66. The van der Waals surface area contributed by atoms with Gasteiger partial charge in [0.15, 0.2) is 0 Å². The van der Waals surface area contributed by atoms with Gasteiger partial charge >= 0.3 is 0 Å². The van der Waals surface area contributed by atoms with Crippen molar-refractivity contribution in [1.29, 1.82) is 0 Å². The van der Waals surface area contributed by atoms with Gasteiger partial charge in [0.25, 0.3) is 0 Å². The molecule has 3 fully saturated rings. The zero-order chi connectivity index (χ0) is 6.70. The topological polar surface area (TPSA) is 26.0 Å². The van der Waals surface area contributed by atoms with Crippen LogP contribution in [-0.2, 0) is 0 Å². The molecule has 1 nitrogen and oxygen atoms in total. The van der Waals surface area contributed by atoms with Crippen LogP contribution in [0.3, 0.4) is 0 Å². The van der Waals surface area contributed by atoms with Crippen LogP contribution in [0.2, 0.25) is 0 Å². The summed E-state index contributed by atoms with van der Waals surface area (Å²) in [4.78, 5) is 0. The SMILES string of the molecule is CC(N)[C@]12C[C@@](F)(C1)C2. The van der Waals surface area contributed by atoms with Gasteiger partial charge < -0.3 is 5.73 Å². The minimum atomic E-state index is -0.770. The fraction of sp³-hybridized carbons (Fsp3) is 1.00. The van der Waals surface area contributed by atoms with Crippen molar-refractivity contribution in [3.63, 3.8) is 0 Å². The van der Waals surface area contributed by atoms with Gasteiger partial charge in [-0.3, -0.25) is 0 Å². The Bertz CT molecular complexity index is 133. The predicted molar refractivity (Wildman–Crippen MR) is 33.8 cm³/mol. The van der Waals surface area contributed by atoms with Gasteiger partial charge in [0.2, 0.25) is 0 Å². The second-order valence-corrected chi connectivity index (χ2v) is 3.83. The number of alkyl halides is 1. The van der Waals surface area contributed by atoms with E-state index in [1.54, 1.807) is 0 Å². The first-order valence-electron chi connectivity index (χ1n) is 3.51. The molecule has 0 heterocycles. The van der Waals surface area contributed by atoms with Crippen molar-refractivity contribution in [3.8, 4) is 0 Å². The maximum Gasteiger partial charge on any atom is 0.112 e. The summed E-state index contributed by atoms with van der Waals surface area (Å²) in [6.07, 6.45) is 2.20.